The lowest BCUT2D eigenvalue weighted by molar-refractivity contribution is -0.526. The quantitative estimate of drug-likeness (QED) is 0.0258. The predicted octanol–water partition coefficient (Wildman–Crippen LogP) is 18.6. The van der Waals surface area contributed by atoms with Crippen LogP contribution in [0.25, 0.3) is 0 Å². The van der Waals surface area contributed by atoms with E-state index in [-0.39, 0.29) is 0 Å². The lowest BCUT2D eigenvalue weighted by atomic mass is 9.99. The maximum atomic E-state index is 12.0. The monoisotopic (exact) mass is 883 g/mol. The van der Waals surface area contributed by atoms with Gasteiger partial charge < -0.3 is 0 Å². The van der Waals surface area contributed by atoms with Crippen LogP contribution in [0.1, 0.15) is 324 Å². The summed E-state index contributed by atoms with van der Waals surface area (Å²) >= 11 is 0. The predicted molar refractivity (Wildman–Crippen MR) is 259 cm³/mol. The molecule has 0 aliphatic carbocycles. The molecule has 0 N–H and O–H groups in total. The second kappa shape index (κ2) is 46.3. The maximum Gasteiger partial charge on any atom is 0.456 e. The van der Waals surface area contributed by atoms with Crippen molar-refractivity contribution in [1.82, 2.24) is 0 Å². The van der Waals surface area contributed by atoms with E-state index in [1.807, 2.05) is 27.7 Å². The standard InChI is InChI=1S/C54H106O8/c1-7-9-11-13-15-17-19-21-23-25-27-29-31-33-35-37-39-41-43-45-47-49-53(3,4)59-61-57-51(55)52(56)58-62-60-54(5,6)50-48-46-44-42-40-38-36-34-32-30-28-26-24-22-20-18-16-14-12-10-8-2/h7-50H2,1-6H3. The van der Waals surface area contributed by atoms with E-state index in [1.165, 1.54) is 244 Å². The van der Waals surface area contributed by atoms with Crippen molar-refractivity contribution in [2.75, 3.05) is 0 Å². The van der Waals surface area contributed by atoms with Gasteiger partial charge in [0, 0.05) is 0 Å². The molecule has 0 saturated heterocycles. The highest BCUT2D eigenvalue weighted by Crippen LogP contribution is 2.23. The number of hydrogen-bond donors (Lipinski definition) is 0. The summed E-state index contributed by atoms with van der Waals surface area (Å²) < 4.78 is 0. The Morgan fingerprint density at radius 1 is 0.274 bits per heavy atom. The van der Waals surface area contributed by atoms with Gasteiger partial charge in [0.15, 0.2) is 0 Å². The molecular formula is C54H106O8. The van der Waals surface area contributed by atoms with Crippen molar-refractivity contribution in [3.05, 3.63) is 0 Å². The third-order valence-corrected chi connectivity index (χ3v) is 12.7. The molecule has 0 heterocycles. The normalized spacial score (nSPS) is 12.0. The van der Waals surface area contributed by atoms with Gasteiger partial charge in [0.1, 0.15) is 11.2 Å². The minimum absolute atomic E-state index is 0.673. The Morgan fingerprint density at radius 3 is 0.613 bits per heavy atom. The summed E-state index contributed by atoms with van der Waals surface area (Å²) in [5, 5.41) is 9.26. The molecule has 0 radical (unpaired) electrons. The van der Waals surface area contributed by atoms with Crippen LogP contribution < -0.4 is 0 Å². The molecule has 0 bridgehead atoms. The fraction of sp³-hybridized carbons (Fsp3) is 0.963. The van der Waals surface area contributed by atoms with Gasteiger partial charge in [0.2, 0.25) is 0 Å². The highest BCUT2D eigenvalue weighted by molar-refractivity contribution is 6.29. The maximum absolute atomic E-state index is 12.0. The zero-order valence-corrected chi connectivity index (χ0v) is 42.4. The van der Waals surface area contributed by atoms with Crippen molar-refractivity contribution in [3.8, 4) is 0 Å². The van der Waals surface area contributed by atoms with Gasteiger partial charge in [0.25, 0.3) is 0 Å². The van der Waals surface area contributed by atoms with Crippen molar-refractivity contribution in [2.45, 2.75) is 335 Å². The molecule has 8 nitrogen and oxygen atoms in total. The first kappa shape index (κ1) is 60.8. The van der Waals surface area contributed by atoms with Crippen molar-refractivity contribution < 1.29 is 39.2 Å². The summed E-state index contributed by atoms with van der Waals surface area (Å²) in [6, 6.07) is 0. The Hall–Kier alpha value is -1.22. The second-order valence-electron chi connectivity index (χ2n) is 20.2. The van der Waals surface area contributed by atoms with Crippen LogP contribution in [0.4, 0.5) is 0 Å². The van der Waals surface area contributed by atoms with Gasteiger partial charge in [-0.15, -0.1) is 0 Å². The van der Waals surface area contributed by atoms with Crippen molar-refractivity contribution in [3.63, 3.8) is 0 Å². The molecule has 0 aromatic carbocycles. The molecule has 0 aromatic rings. The van der Waals surface area contributed by atoms with Gasteiger partial charge in [0.05, 0.1) is 0 Å². The molecule has 8 heteroatoms. The Morgan fingerprint density at radius 2 is 0.435 bits per heavy atom. The van der Waals surface area contributed by atoms with Crippen LogP contribution in [0.3, 0.4) is 0 Å². The fourth-order valence-corrected chi connectivity index (χ4v) is 8.40. The molecule has 0 amide bonds. The Kier molecular flexibility index (Phi) is 45.4. The van der Waals surface area contributed by atoms with Crippen LogP contribution in [-0.2, 0) is 39.2 Å². The molecule has 0 fully saturated rings. The second-order valence-corrected chi connectivity index (χ2v) is 20.2. The SMILES string of the molecule is CCCCCCCCCCCCCCCCCCCCCCCC(C)(C)OOOC(=O)C(=O)OOOC(C)(C)CCCCCCCCCCCCCCCCCCCCCCC. The third kappa shape index (κ3) is 46.8. The van der Waals surface area contributed by atoms with E-state index < -0.39 is 23.1 Å². The van der Waals surface area contributed by atoms with E-state index in [1.54, 1.807) is 0 Å². The zero-order valence-electron chi connectivity index (χ0n) is 42.4. The van der Waals surface area contributed by atoms with Crippen LogP contribution in [-0.4, -0.2) is 23.1 Å². The number of carbonyl (C=O) groups excluding carboxylic acids is 2. The summed E-state index contributed by atoms with van der Waals surface area (Å²) in [5.74, 6) is -2.78. The van der Waals surface area contributed by atoms with E-state index in [0.29, 0.717) is 0 Å². The smallest absolute Gasteiger partial charge is 0.255 e. The van der Waals surface area contributed by atoms with E-state index in [9.17, 15) is 9.59 Å². The summed E-state index contributed by atoms with van der Waals surface area (Å²) in [4.78, 5) is 43.4. The first-order valence-corrected chi connectivity index (χ1v) is 27.3. The van der Waals surface area contributed by atoms with Crippen LogP contribution in [0.2, 0.25) is 0 Å². The Balaban J connectivity index is 3.58. The van der Waals surface area contributed by atoms with Crippen LogP contribution in [0.5, 0.6) is 0 Å². The van der Waals surface area contributed by atoms with Gasteiger partial charge in [-0.25, -0.2) is 9.59 Å². The van der Waals surface area contributed by atoms with E-state index in [2.05, 4.69) is 33.7 Å². The van der Waals surface area contributed by atoms with Crippen LogP contribution in [0, 0.1) is 0 Å². The van der Waals surface area contributed by atoms with Crippen molar-refractivity contribution in [2.24, 2.45) is 0 Å². The molecule has 0 rings (SSSR count). The molecule has 0 atom stereocenters. The molecular weight excluding hydrogens is 777 g/mol. The van der Waals surface area contributed by atoms with E-state index in [0.717, 1.165) is 38.5 Å². The average molecular weight is 883 g/mol. The van der Waals surface area contributed by atoms with E-state index >= 15 is 0 Å². The zero-order chi connectivity index (χ0) is 45.5. The van der Waals surface area contributed by atoms with Crippen LogP contribution >= 0.6 is 0 Å². The highest BCUT2D eigenvalue weighted by atomic mass is 17.5. The Labute approximate surface area is 385 Å². The van der Waals surface area contributed by atoms with Gasteiger partial charge in [-0.3, -0.25) is 9.78 Å². The van der Waals surface area contributed by atoms with Gasteiger partial charge in [-0.2, -0.15) is 9.78 Å². The van der Waals surface area contributed by atoms with Gasteiger partial charge in [-0.05, 0) is 50.6 Å². The molecule has 0 unspecified atom stereocenters. The first-order valence-electron chi connectivity index (χ1n) is 27.3. The minimum Gasteiger partial charge on any atom is -0.255 e. The molecule has 0 aromatic heterocycles. The summed E-state index contributed by atoms with van der Waals surface area (Å²) in [6.07, 6.45) is 58.3. The summed E-state index contributed by atoms with van der Waals surface area (Å²) in [5.41, 5.74) is -1.35. The number of carbonyl (C=O) groups is 2. The molecule has 62 heavy (non-hydrogen) atoms. The van der Waals surface area contributed by atoms with Gasteiger partial charge >= 0.3 is 11.9 Å². The van der Waals surface area contributed by atoms with Crippen molar-refractivity contribution in [1.29, 1.82) is 0 Å². The third-order valence-electron chi connectivity index (χ3n) is 12.7. The molecule has 370 valence electrons. The molecule has 0 aliphatic heterocycles. The van der Waals surface area contributed by atoms with E-state index in [4.69, 9.17) is 9.78 Å². The fourth-order valence-electron chi connectivity index (χ4n) is 8.40. The number of unbranched alkanes of at least 4 members (excludes halogenated alkanes) is 40. The van der Waals surface area contributed by atoms with Crippen LogP contribution in [0.15, 0.2) is 0 Å². The first-order chi connectivity index (χ1) is 30.1. The lowest BCUT2D eigenvalue weighted by Crippen LogP contribution is -2.29. The van der Waals surface area contributed by atoms with Crippen molar-refractivity contribution >= 4 is 11.9 Å². The highest BCUT2D eigenvalue weighted by Gasteiger charge is 2.27. The molecule has 0 spiro atoms. The molecule has 0 aliphatic rings. The number of hydrogen-bond acceptors (Lipinski definition) is 8. The topological polar surface area (TPSA) is 89.5 Å². The Bertz CT molecular complexity index is 863. The lowest BCUT2D eigenvalue weighted by Gasteiger charge is -2.22. The largest absolute Gasteiger partial charge is 0.456 e. The molecule has 0 saturated carbocycles. The summed E-state index contributed by atoms with van der Waals surface area (Å²) in [7, 11) is 0. The number of rotatable bonds is 50. The van der Waals surface area contributed by atoms with Gasteiger partial charge in [-0.1, -0.05) is 284 Å². The average Bonchev–Trinajstić information content (AvgIpc) is 3.24. The summed E-state index contributed by atoms with van der Waals surface area (Å²) in [6.45, 7) is 12.0. The minimum atomic E-state index is -1.39.